The van der Waals surface area contributed by atoms with Crippen LogP contribution in [0.3, 0.4) is 0 Å². The zero-order chi connectivity index (χ0) is 19.9. The number of rotatable bonds is 8. The molecule has 2 rings (SSSR count). The number of nitrogens with one attached hydrogen (secondary N) is 3. The Morgan fingerprint density at radius 1 is 1.04 bits per heavy atom. The molecule has 0 aliphatic heterocycles. The third-order valence-electron chi connectivity index (χ3n) is 4.13. The van der Waals surface area contributed by atoms with E-state index in [9.17, 15) is 22.8 Å². The number of ether oxygens (including phenoxy) is 1. The van der Waals surface area contributed by atoms with Crippen molar-refractivity contribution in [3.8, 4) is 0 Å². The molecule has 0 saturated carbocycles. The van der Waals surface area contributed by atoms with Crippen LogP contribution in [-0.2, 0) is 42.0 Å². The monoisotopic (exact) mass is 397 g/mol. The number of carbonyl (C=O) groups excluding carboxylic acids is 3. The number of sulfonamides is 1. The molecule has 148 valence electrons. The van der Waals surface area contributed by atoms with Gasteiger partial charge in [-0.05, 0) is 48.9 Å². The van der Waals surface area contributed by atoms with Crippen molar-refractivity contribution in [1.29, 1.82) is 0 Å². The number of esters is 1. The molecule has 0 aromatic heterocycles. The van der Waals surface area contributed by atoms with Crippen LogP contribution < -0.4 is 15.4 Å². The Hall–Kier alpha value is -2.46. The van der Waals surface area contributed by atoms with Crippen molar-refractivity contribution in [2.24, 2.45) is 0 Å². The minimum absolute atomic E-state index is 0.0965. The lowest BCUT2D eigenvalue weighted by Crippen LogP contribution is -2.38. The van der Waals surface area contributed by atoms with Gasteiger partial charge >= 0.3 is 5.97 Å². The Kier molecular flexibility index (Phi) is 7.31. The van der Waals surface area contributed by atoms with Gasteiger partial charge in [0.05, 0.1) is 11.4 Å². The highest BCUT2D eigenvalue weighted by molar-refractivity contribution is 7.89. The number of benzene rings is 1. The molecule has 1 aromatic rings. The Bertz CT molecular complexity index is 822. The van der Waals surface area contributed by atoms with E-state index in [-0.39, 0.29) is 11.4 Å². The SMILES string of the molecule is CNC(=O)CNC(=O)COC(=O)CNS(=O)(=O)c1ccc2c(c1)CCCC2. The molecule has 2 amide bonds. The minimum Gasteiger partial charge on any atom is -0.455 e. The fraction of sp³-hybridized carbons (Fsp3) is 0.471. The van der Waals surface area contributed by atoms with Gasteiger partial charge in [0.2, 0.25) is 15.9 Å². The highest BCUT2D eigenvalue weighted by Crippen LogP contribution is 2.23. The lowest BCUT2D eigenvalue weighted by atomic mass is 9.92. The number of amides is 2. The van der Waals surface area contributed by atoms with Crippen LogP contribution in [0.4, 0.5) is 0 Å². The Labute approximate surface area is 157 Å². The molecule has 1 aromatic carbocycles. The summed E-state index contributed by atoms with van der Waals surface area (Å²) < 4.78 is 31.5. The number of aryl methyl sites for hydroxylation is 2. The lowest BCUT2D eigenvalue weighted by molar-refractivity contribution is -0.147. The van der Waals surface area contributed by atoms with Gasteiger partial charge in [0.15, 0.2) is 6.61 Å². The number of fused-ring (bicyclic) bond motifs is 1. The molecular formula is C17H23N3O6S. The van der Waals surface area contributed by atoms with Crippen molar-refractivity contribution in [3.63, 3.8) is 0 Å². The predicted octanol–water partition coefficient (Wildman–Crippen LogP) is -0.751. The van der Waals surface area contributed by atoms with Gasteiger partial charge in [-0.3, -0.25) is 14.4 Å². The van der Waals surface area contributed by atoms with Crippen LogP contribution >= 0.6 is 0 Å². The summed E-state index contributed by atoms with van der Waals surface area (Å²) in [7, 11) is -2.44. The number of carbonyl (C=O) groups is 3. The molecule has 0 saturated heterocycles. The standard InChI is InChI=1S/C17H23N3O6S/c1-18-15(21)9-19-16(22)11-26-17(23)10-20-27(24,25)14-7-6-12-4-2-3-5-13(12)8-14/h6-8,20H,2-5,9-11H2,1H3,(H,18,21)(H,19,22). The van der Waals surface area contributed by atoms with Gasteiger partial charge in [0.1, 0.15) is 6.54 Å². The molecule has 9 nitrogen and oxygen atoms in total. The molecule has 0 spiro atoms. The molecule has 10 heteroatoms. The summed E-state index contributed by atoms with van der Waals surface area (Å²) >= 11 is 0. The van der Waals surface area contributed by atoms with E-state index in [0.717, 1.165) is 36.8 Å². The quantitative estimate of drug-likeness (QED) is 0.495. The number of likely N-dealkylation sites (N-methyl/N-ethyl adjacent to an activating group) is 1. The summed E-state index contributed by atoms with van der Waals surface area (Å²) in [6.45, 7) is -1.43. The Balaban J connectivity index is 1.81. The van der Waals surface area contributed by atoms with Crippen molar-refractivity contribution in [1.82, 2.24) is 15.4 Å². The maximum absolute atomic E-state index is 12.3. The lowest BCUT2D eigenvalue weighted by Gasteiger charge is -2.16. The van der Waals surface area contributed by atoms with Crippen LogP contribution in [-0.4, -0.2) is 52.9 Å². The first kappa shape index (κ1) is 20.8. The van der Waals surface area contributed by atoms with E-state index < -0.39 is 41.0 Å². The summed E-state index contributed by atoms with van der Waals surface area (Å²) in [5.41, 5.74) is 2.17. The van der Waals surface area contributed by atoms with Crippen LogP contribution in [0, 0.1) is 0 Å². The van der Waals surface area contributed by atoms with Gasteiger partial charge in [-0.25, -0.2) is 8.42 Å². The fourth-order valence-corrected chi connectivity index (χ4v) is 3.65. The molecule has 0 unspecified atom stereocenters. The molecule has 0 bridgehead atoms. The summed E-state index contributed by atoms with van der Waals surface area (Å²) in [6, 6.07) is 4.95. The van der Waals surface area contributed by atoms with Crippen molar-refractivity contribution in [2.45, 2.75) is 30.6 Å². The molecule has 0 atom stereocenters. The first-order chi connectivity index (χ1) is 12.8. The minimum atomic E-state index is -3.86. The van der Waals surface area contributed by atoms with Gasteiger partial charge in [-0.1, -0.05) is 6.07 Å². The van der Waals surface area contributed by atoms with Crippen molar-refractivity contribution in [2.75, 3.05) is 26.7 Å². The van der Waals surface area contributed by atoms with E-state index in [1.807, 2.05) is 0 Å². The van der Waals surface area contributed by atoms with Crippen molar-refractivity contribution in [3.05, 3.63) is 29.3 Å². The topological polar surface area (TPSA) is 131 Å². The average Bonchev–Trinajstić information content (AvgIpc) is 2.68. The highest BCUT2D eigenvalue weighted by atomic mass is 32.2. The van der Waals surface area contributed by atoms with Gasteiger partial charge < -0.3 is 15.4 Å². The summed E-state index contributed by atoms with van der Waals surface area (Å²) in [5, 5.41) is 4.57. The molecular weight excluding hydrogens is 374 g/mol. The summed E-state index contributed by atoms with van der Waals surface area (Å²) in [4.78, 5) is 34.1. The van der Waals surface area contributed by atoms with Gasteiger partial charge in [-0.2, -0.15) is 4.72 Å². The van der Waals surface area contributed by atoms with Gasteiger partial charge in [-0.15, -0.1) is 0 Å². The van der Waals surface area contributed by atoms with Crippen LogP contribution in [0.2, 0.25) is 0 Å². The zero-order valence-corrected chi connectivity index (χ0v) is 15.9. The van der Waals surface area contributed by atoms with E-state index in [2.05, 4.69) is 20.1 Å². The molecule has 0 fully saturated rings. The van der Waals surface area contributed by atoms with Gasteiger partial charge in [0.25, 0.3) is 5.91 Å². The molecule has 1 aliphatic carbocycles. The average molecular weight is 397 g/mol. The first-order valence-corrected chi connectivity index (χ1v) is 10.0. The Morgan fingerprint density at radius 2 is 1.74 bits per heavy atom. The van der Waals surface area contributed by atoms with Crippen LogP contribution in [0.1, 0.15) is 24.0 Å². The van der Waals surface area contributed by atoms with Crippen LogP contribution in [0.5, 0.6) is 0 Å². The first-order valence-electron chi connectivity index (χ1n) is 8.56. The molecule has 27 heavy (non-hydrogen) atoms. The van der Waals surface area contributed by atoms with Crippen molar-refractivity contribution < 1.29 is 27.5 Å². The second-order valence-corrected chi connectivity index (χ2v) is 7.84. The summed E-state index contributed by atoms with van der Waals surface area (Å²) in [5.74, 6) is -1.95. The molecule has 1 aliphatic rings. The summed E-state index contributed by atoms with van der Waals surface area (Å²) in [6.07, 6.45) is 3.90. The third-order valence-corrected chi connectivity index (χ3v) is 5.52. The smallest absolute Gasteiger partial charge is 0.321 e. The zero-order valence-electron chi connectivity index (χ0n) is 15.0. The Morgan fingerprint density at radius 3 is 2.44 bits per heavy atom. The predicted molar refractivity (Wildman–Crippen MR) is 96.3 cm³/mol. The highest BCUT2D eigenvalue weighted by Gasteiger charge is 2.19. The fourth-order valence-electron chi connectivity index (χ4n) is 2.63. The van der Waals surface area contributed by atoms with Crippen LogP contribution in [0.15, 0.2) is 23.1 Å². The van der Waals surface area contributed by atoms with E-state index in [1.165, 1.54) is 13.1 Å². The number of hydrogen-bond donors (Lipinski definition) is 3. The number of hydrogen-bond acceptors (Lipinski definition) is 6. The van der Waals surface area contributed by atoms with E-state index in [4.69, 9.17) is 0 Å². The second-order valence-electron chi connectivity index (χ2n) is 6.07. The maximum Gasteiger partial charge on any atom is 0.321 e. The maximum atomic E-state index is 12.3. The van der Waals surface area contributed by atoms with Crippen LogP contribution in [0.25, 0.3) is 0 Å². The molecule has 3 N–H and O–H groups in total. The van der Waals surface area contributed by atoms with E-state index in [1.54, 1.807) is 12.1 Å². The van der Waals surface area contributed by atoms with Gasteiger partial charge in [0, 0.05) is 7.05 Å². The second kappa shape index (κ2) is 9.47. The third kappa shape index (κ3) is 6.33. The van der Waals surface area contributed by atoms with E-state index >= 15 is 0 Å². The molecule has 0 radical (unpaired) electrons. The largest absolute Gasteiger partial charge is 0.455 e. The van der Waals surface area contributed by atoms with Crippen molar-refractivity contribution >= 4 is 27.8 Å². The van der Waals surface area contributed by atoms with E-state index in [0.29, 0.717) is 0 Å². The molecule has 0 heterocycles. The normalized spacial score (nSPS) is 13.4.